The number of aliphatic carboxylic acids is 1. The maximum absolute atomic E-state index is 13.1. The van der Waals surface area contributed by atoms with Crippen LogP contribution in [0.2, 0.25) is 5.02 Å². The summed E-state index contributed by atoms with van der Waals surface area (Å²) in [5.41, 5.74) is 8.12. The first-order valence-corrected chi connectivity index (χ1v) is 21.6. The molecule has 0 amide bonds. The van der Waals surface area contributed by atoms with Gasteiger partial charge in [0.15, 0.2) is 0 Å². The Kier molecular flexibility index (Phi) is 12.0. The van der Waals surface area contributed by atoms with Crippen molar-refractivity contribution in [3.8, 4) is 11.5 Å². The number of fused-ring (bicyclic) bond motifs is 3. The summed E-state index contributed by atoms with van der Waals surface area (Å²) in [6.45, 7) is 6.54. The number of benzene rings is 4. The second-order valence-corrected chi connectivity index (χ2v) is 17.6. The van der Waals surface area contributed by atoms with Crippen LogP contribution in [0.4, 0.5) is 11.4 Å². The first-order valence-electron chi connectivity index (χ1n) is 21.2. The molecule has 0 aliphatic heterocycles. The number of rotatable bonds is 15. The Bertz CT molecular complexity index is 2200. The van der Waals surface area contributed by atoms with Gasteiger partial charge in [0.1, 0.15) is 23.6 Å². The molecule has 3 aliphatic rings. The molecule has 3 aliphatic carbocycles. The molecule has 1 spiro atoms. The van der Waals surface area contributed by atoms with E-state index >= 15 is 0 Å². The van der Waals surface area contributed by atoms with Gasteiger partial charge in [0, 0.05) is 40.4 Å². The predicted molar refractivity (Wildman–Crippen MR) is 233 cm³/mol. The van der Waals surface area contributed by atoms with Gasteiger partial charge < -0.3 is 25.2 Å². The summed E-state index contributed by atoms with van der Waals surface area (Å²) in [7, 11) is 0. The second kappa shape index (κ2) is 17.5. The van der Waals surface area contributed by atoms with E-state index in [1.165, 1.54) is 40.8 Å². The number of hydrogen-bond acceptors (Lipinski definition) is 6. The molecule has 1 fully saturated rings. The molecule has 0 bridgehead atoms. The van der Waals surface area contributed by atoms with Crippen molar-refractivity contribution in [3.63, 3.8) is 0 Å². The predicted octanol–water partition coefficient (Wildman–Crippen LogP) is 11.4. The Morgan fingerprint density at radius 3 is 2.52 bits per heavy atom. The summed E-state index contributed by atoms with van der Waals surface area (Å²) in [6, 6.07) is 35.0. The van der Waals surface area contributed by atoms with E-state index in [2.05, 4.69) is 91.2 Å². The molecule has 7 nitrogen and oxygen atoms in total. The number of halogens is 1. The molecule has 4 aromatic carbocycles. The van der Waals surface area contributed by atoms with E-state index in [0.29, 0.717) is 48.8 Å². The lowest BCUT2D eigenvalue weighted by Crippen LogP contribution is -2.53. The van der Waals surface area contributed by atoms with Crippen LogP contribution in [0.15, 0.2) is 109 Å². The van der Waals surface area contributed by atoms with Crippen molar-refractivity contribution in [1.29, 1.82) is 0 Å². The molecule has 0 saturated heterocycles. The van der Waals surface area contributed by atoms with Crippen LogP contribution in [-0.4, -0.2) is 34.8 Å². The van der Waals surface area contributed by atoms with Gasteiger partial charge in [-0.05, 0) is 158 Å². The van der Waals surface area contributed by atoms with Gasteiger partial charge in [-0.1, -0.05) is 80.0 Å². The molecule has 3 N–H and O–H groups in total. The topological polar surface area (TPSA) is 92.7 Å². The van der Waals surface area contributed by atoms with Crippen molar-refractivity contribution in [2.24, 2.45) is 11.8 Å². The SMILES string of the molecule is C[C@@H](COc1ccnc2c1[C@H](C)CCC2)C[C@H]1Cc2ccc(OCc3cccc(NCCc4ccccc4)c3)cc2C12CCC(Nc1cccc(Cl)c1)(C(=O)O)CC2. The summed E-state index contributed by atoms with van der Waals surface area (Å²) in [6.07, 6.45) is 10.7. The number of pyridine rings is 1. The summed E-state index contributed by atoms with van der Waals surface area (Å²) in [4.78, 5) is 17.8. The Hall–Kier alpha value is -5.01. The van der Waals surface area contributed by atoms with E-state index in [0.717, 1.165) is 73.5 Å². The highest BCUT2D eigenvalue weighted by atomic mass is 35.5. The van der Waals surface area contributed by atoms with Crippen LogP contribution in [0.1, 0.15) is 98.2 Å². The van der Waals surface area contributed by atoms with E-state index < -0.39 is 11.5 Å². The van der Waals surface area contributed by atoms with Crippen molar-refractivity contribution in [1.82, 2.24) is 4.98 Å². The normalized spacial score (nSPS) is 22.7. The van der Waals surface area contributed by atoms with Gasteiger partial charge in [0.2, 0.25) is 0 Å². The number of nitrogens with zero attached hydrogens (tertiary/aromatic N) is 1. The average molecular weight is 798 g/mol. The van der Waals surface area contributed by atoms with Gasteiger partial charge in [-0.15, -0.1) is 0 Å². The van der Waals surface area contributed by atoms with Crippen molar-refractivity contribution < 1.29 is 19.4 Å². The number of hydrogen-bond donors (Lipinski definition) is 3. The lowest BCUT2D eigenvalue weighted by atomic mass is 9.59. The van der Waals surface area contributed by atoms with Gasteiger partial charge in [-0.2, -0.15) is 0 Å². The summed E-state index contributed by atoms with van der Waals surface area (Å²) < 4.78 is 13.2. The van der Waals surface area contributed by atoms with Crippen LogP contribution in [-0.2, 0) is 36.1 Å². The Balaban J connectivity index is 0.995. The van der Waals surface area contributed by atoms with Gasteiger partial charge in [-0.25, -0.2) is 4.79 Å². The molecule has 3 atom stereocenters. The van der Waals surface area contributed by atoms with Crippen LogP contribution in [0.3, 0.4) is 0 Å². The van der Waals surface area contributed by atoms with Crippen molar-refractivity contribution in [3.05, 3.63) is 148 Å². The average Bonchev–Trinajstić information content (AvgIpc) is 3.51. The Morgan fingerprint density at radius 1 is 0.914 bits per heavy atom. The van der Waals surface area contributed by atoms with Crippen LogP contribution >= 0.6 is 11.6 Å². The zero-order valence-electron chi connectivity index (χ0n) is 33.8. The molecule has 0 radical (unpaired) electrons. The number of carboxylic acid groups (broad SMARTS) is 1. The minimum absolute atomic E-state index is 0.176. The molecule has 1 aromatic heterocycles. The van der Waals surface area contributed by atoms with Gasteiger partial charge >= 0.3 is 5.97 Å². The monoisotopic (exact) mass is 797 g/mol. The summed E-state index contributed by atoms with van der Waals surface area (Å²) >= 11 is 6.33. The maximum Gasteiger partial charge on any atom is 0.329 e. The zero-order valence-corrected chi connectivity index (χ0v) is 34.6. The van der Waals surface area contributed by atoms with E-state index in [1.54, 1.807) is 0 Å². The first kappa shape index (κ1) is 39.8. The van der Waals surface area contributed by atoms with Gasteiger partial charge in [0.25, 0.3) is 0 Å². The van der Waals surface area contributed by atoms with Gasteiger partial charge in [-0.3, -0.25) is 4.98 Å². The molecular weight excluding hydrogens is 742 g/mol. The lowest BCUT2D eigenvalue weighted by Gasteiger charge is -2.47. The number of nitrogens with one attached hydrogen (secondary N) is 2. The molecule has 8 heteroatoms. The minimum Gasteiger partial charge on any atom is -0.493 e. The summed E-state index contributed by atoms with van der Waals surface area (Å²) in [5.74, 6) is 2.12. The van der Waals surface area contributed by atoms with Crippen molar-refractivity contribution in [2.75, 3.05) is 23.8 Å². The summed E-state index contributed by atoms with van der Waals surface area (Å²) in [5, 5.41) is 18.3. The largest absolute Gasteiger partial charge is 0.493 e. The fraction of sp³-hybridized carbons (Fsp3) is 0.400. The quantitative estimate of drug-likeness (QED) is 0.0971. The Labute approximate surface area is 348 Å². The number of carbonyl (C=O) groups is 1. The lowest BCUT2D eigenvalue weighted by molar-refractivity contribution is -0.144. The number of ether oxygens (including phenoxy) is 2. The first-order chi connectivity index (χ1) is 28.2. The smallest absolute Gasteiger partial charge is 0.329 e. The molecule has 8 rings (SSSR count). The number of carboxylic acids is 1. The van der Waals surface area contributed by atoms with Crippen LogP contribution < -0.4 is 20.1 Å². The van der Waals surface area contributed by atoms with Crippen LogP contribution in [0, 0.1) is 11.8 Å². The molecule has 1 heterocycles. The molecule has 5 aromatic rings. The zero-order chi connectivity index (χ0) is 40.1. The van der Waals surface area contributed by atoms with Crippen molar-refractivity contribution >= 4 is 28.9 Å². The van der Waals surface area contributed by atoms with Crippen molar-refractivity contribution in [2.45, 2.75) is 102 Å². The third kappa shape index (κ3) is 8.70. The number of anilines is 2. The second-order valence-electron chi connectivity index (χ2n) is 17.2. The highest BCUT2D eigenvalue weighted by molar-refractivity contribution is 6.30. The van der Waals surface area contributed by atoms with E-state index in [-0.39, 0.29) is 5.41 Å². The molecule has 0 unspecified atom stereocenters. The molecule has 58 heavy (non-hydrogen) atoms. The number of aromatic nitrogens is 1. The van der Waals surface area contributed by atoms with E-state index in [9.17, 15) is 9.90 Å². The third-order valence-corrected chi connectivity index (χ3v) is 13.4. The van der Waals surface area contributed by atoms with E-state index in [4.69, 9.17) is 26.1 Å². The Morgan fingerprint density at radius 2 is 1.71 bits per heavy atom. The van der Waals surface area contributed by atoms with Crippen LogP contribution in [0.25, 0.3) is 0 Å². The van der Waals surface area contributed by atoms with E-state index in [1.807, 2.05) is 42.6 Å². The minimum atomic E-state index is -1.08. The van der Waals surface area contributed by atoms with Gasteiger partial charge in [0.05, 0.1) is 6.61 Å². The highest BCUT2D eigenvalue weighted by Gasteiger charge is 2.54. The standard InChI is InChI=1S/C50H56ClN3O4/c1-34(32-58-46-20-26-53-45-16-6-9-35(2)47(45)46)27-39-29-38-17-18-43(57-33-37-12-7-14-41(28-37)52-25-19-36-10-4-3-5-11-36)31-44(38)49(39)21-23-50(24-22-49,48(55)56)54-42-15-8-13-40(51)30-42/h3-5,7-8,10-15,17-18,20,26,28,30-31,34-35,39,52,54H,6,9,16,19,21-25,27,29,32-33H2,1-2H3,(H,55,56)/t34-,35-,39+,49?,50?/m1/s1. The third-order valence-electron chi connectivity index (χ3n) is 13.2. The molecule has 302 valence electrons. The fourth-order valence-corrected chi connectivity index (χ4v) is 10.3. The number of aryl methyl sites for hydroxylation is 1. The fourth-order valence-electron chi connectivity index (χ4n) is 10.1. The van der Waals surface area contributed by atoms with Crippen LogP contribution in [0.5, 0.6) is 11.5 Å². The molecular formula is C50H56ClN3O4. The maximum atomic E-state index is 13.1. The molecule has 1 saturated carbocycles. The highest BCUT2D eigenvalue weighted by Crippen LogP contribution is 2.57.